The van der Waals surface area contributed by atoms with Gasteiger partial charge in [-0.25, -0.2) is 0 Å². The summed E-state index contributed by atoms with van der Waals surface area (Å²) < 4.78 is 0. The molecule has 0 saturated heterocycles. The number of halogens is 1. The number of carbonyl (C=O) groups is 2. The van der Waals surface area contributed by atoms with Gasteiger partial charge in [-0.1, -0.05) is 0 Å². The van der Waals surface area contributed by atoms with Crippen LogP contribution in [-0.4, -0.2) is 18.6 Å². The van der Waals surface area contributed by atoms with Gasteiger partial charge in [0.25, 0.3) is 0 Å². The summed E-state index contributed by atoms with van der Waals surface area (Å²) in [5.41, 5.74) is 3.47. The molecule has 4 heteroatoms. The maximum atomic E-state index is 9.83. The van der Waals surface area contributed by atoms with Gasteiger partial charge >= 0.3 is 0 Å². The van der Waals surface area contributed by atoms with E-state index in [9.17, 15) is 9.59 Å². The van der Waals surface area contributed by atoms with E-state index in [1.165, 1.54) is 0 Å². The average Bonchev–Trinajstić information content (AvgIpc) is 1.83. The minimum atomic E-state index is -0.208. The molecule has 0 heterocycles. The zero-order valence-corrected chi connectivity index (χ0v) is 5.80. The molecule has 0 aliphatic heterocycles. The molecule has 0 spiro atoms. The van der Waals surface area contributed by atoms with Crippen molar-refractivity contribution in [2.24, 2.45) is 0 Å². The van der Waals surface area contributed by atoms with Gasteiger partial charge in [-0.3, -0.25) is 4.79 Å². The second-order valence-corrected chi connectivity index (χ2v) is 1.64. The Kier molecular flexibility index (Phi) is 9.61. The SMILES string of the molecule is [Cl-].[NH3+]C(C=O)CCC=O. The number of aldehydes is 2. The molecule has 1 unspecified atom stereocenters. The van der Waals surface area contributed by atoms with Crippen LogP contribution < -0.4 is 18.1 Å². The Morgan fingerprint density at radius 1 is 1.44 bits per heavy atom. The highest BCUT2D eigenvalue weighted by Crippen LogP contribution is 1.83. The van der Waals surface area contributed by atoms with E-state index in [-0.39, 0.29) is 18.4 Å². The third kappa shape index (κ3) is 7.59. The van der Waals surface area contributed by atoms with Gasteiger partial charge < -0.3 is 22.9 Å². The molecular formula is C5H10ClNO2. The van der Waals surface area contributed by atoms with Gasteiger partial charge in [0.1, 0.15) is 12.3 Å². The van der Waals surface area contributed by atoms with Crippen LogP contribution in [0.15, 0.2) is 0 Å². The number of rotatable bonds is 4. The highest BCUT2D eigenvalue weighted by atomic mass is 35.5. The van der Waals surface area contributed by atoms with Gasteiger partial charge in [0, 0.05) is 12.8 Å². The van der Waals surface area contributed by atoms with Crippen molar-refractivity contribution in [3.63, 3.8) is 0 Å². The first-order valence-electron chi connectivity index (χ1n) is 2.53. The van der Waals surface area contributed by atoms with Crippen molar-refractivity contribution in [1.29, 1.82) is 0 Å². The summed E-state index contributed by atoms with van der Waals surface area (Å²) >= 11 is 0. The van der Waals surface area contributed by atoms with Crippen LogP contribution in [0.2, 0.25) is 0 Å². The smallest absolute Gasteiger partial charge is 0.177 e. The Labute approximate surface area is 60.0 Å². The third-order valence-electron chi connectivity index (χ3n) is 0.848. The van der Waals surface area contributed by atoms with Crippen LogP contribution in [0.4, 0.5) is 0 Å². The van der Waals surface area contributed by atoms with Gasteiger partial charge in [-0.2, -0.15) is 0 Å². The minimum Gasteiger partial charge on any atom is -1.00 e. The summed E-state index contributed by atoms with van der Waals surface area (Å²) in [5.74, 6) is 0. The van der Waals surface area contributed by atoms with Crippen molar-refractivity contribution in [3.8, 4) is 0 Å². The van der Waals surface area contributed by atoms with Crippen LogP contribution in [-0.2, 0) is 9.59 Å². The van der Waals surface area contributed by atoms with E-state index in [2.05, 4.69) is 5.73 Å². The molecule has 0 bridgehead atoms. The van der Waals surface area contributed by atoms with Crippen LogP contribution in [0, 0.1) is 0 Å². The largest absolute Gasteiger partial charge is 1.00 e. The van der Waals surface area contributed by atoms with Crippen molar-refractivity contribution >= 4 is 12.6 Å². The molecule has 0 amide bonds. The third-order valence-corrected chi connectivity index (χ3v) is 0.848. The summed E-state index contributed by atoms with van der Waals surface area (Å²) in [6.07, 6.45) is 2.56. The predicted octanol–water partition coefficient (Wildman–Crippen LogP) is -4.22. The van der Waals surface area contributed by atoms with Gasteiger partial charge in [-0.15, -0.1) is 0 Å². The number of hydrogen-bond donors (Lipinski definition) is 1. The first kappa shape index (κ1) is 11.4. The summed E-state index contributed by atoms with van der Waals surface area (Å²) in [6, 6.07) is -0.208. The van der Waals surface area contributed by atoms with Crippen LogP contribution in [0.3, 0.4) is 0 Å². The van der Waals surface area contributed by atoms with Crippen molar-refractivity contribution in [1.82, 2.24) is 0 Å². The van der Waals surface area contributed by atoms with Crippen LogP contribution in [0.5, 0.6) is 0 Å². The first-order chi connectivity index (χ1) is 3.81. The first-order valence-corrected chi connectivity index (χ1v) is 2.53. The lowest BCUT2D eigenvalue weighted by Gasteiger charge is -1.91. The lowest BCUT2D eigenvalue weighted by Crippen LogP contribution is -3.00. The van der Waals surface area contributed by atoms with E-state index in [1.54, 1.807) is 0 Å². The maximum absolute atomic E-state index is 9.83. The van der Waals surface area contributed by atoms with E-state index in [0.29, 0.717) is 12.8 Å². The Bertz CT molecular complexity index is 87.0. The normalized spacial score (nSPS) is 11.2. The molecule has 0 aromatic heterocycles. The Hall–Kier alpha value is -0.410. The summed E-state index contributed by atoms with van der Waals surface area (Å²) in [4.78, 5) is 19.5. The molecule has 0 radical (unpaired) electrons. The molecule has 1 atom stereocenters. The molecule has 3 nitrogen and oxygen atoms in total. The van der Waals surface area contributed by atoms with Crippen molar-refractivity contribution in [2.45, 2.75) is 18.9 Å². The molecule has 0 saturated carbocycles. The van der Waals surface area contributed by atoms with E-state index >= 15 is 0 Å². The van der Waals surface area contributed by atoms with E-state index in [4.69, 9.17) is 0 Å². The zero-order chi connectivity index (χ0) is 6.41. The van der Waals surface area contributed by atoms with E-state index < -0.39 is 0 Å². The lowest BCUT2D eigenvalue weighted by atomic mass is 10.2. The molecule has 0 rings (SSSR count). The minimum absolute atomic E-state index is 0. The average molecular weight is 152 g/mol. The van der Waals surface area contributed by atoms with Gasteiger partial charge in [0.05, 0.1) is 0 Å². The molecule has 3 N–H and O–H groups in total. The van der Waals surface area contributed by atoms with E-state index in [1.807, 2.05) is 0 Å². The van der Waals surface area contributed by atoms with Crippen molar-refractivity contribution < 1.29 is 27.7 Å². The molecule has 9 heavy (non-hydrogen) atoms. The van der Waals surface area contributed by atoms with E-state index in [0.717, 1.165) is 12.6 Å². The lowest BCUT2D eigenvalue weighted by molar-refractivity contribution is -0.401. The number of hydrogen-bond acceptors (Lipinski definition) is 2. The summed E-state index contributed by atoms with van der Waals surface area (Å²) in [6.45, 7) is 0. The van der Waals surface area contributed by atoms with Gasteiger partial charge in [0.2, 0.25) is 0 Å². The summed E-state index contributed by atoms with van der Waals surface area (Å²) in [5, 5.41) is 0. The zero-order valence-electron chi connectivity index (χ0n) is 5.05. The van der Waals surface area contributed by atoms with Crippen LogP contribution in [0.25, 0.3) is 0 Å². The molecular weight excluding hydrogens is 142 g/mol. The fourth-order valence-electron chi connectivity index (χ4n) is 0.350. The van der Waals surface area contributed by atoms with Crippen molar-refractivity contribution in [3.05, 3.63) is 0 Å². The highest BCUT2D eigenvalue weighted by molar-refractivity contribution is 5.57. The quantitative estimate of drug-likeness (QED) is 0.414. The Morgan fingerprint density at radius 2 is 2.00 bits per heavy atom. The molecule has 54 valence electrons. The predicted molar refractivity (Wildman–Crippen MR) is 28.0 cm³/mol. The van der Waals surface area contributed by atoms with Crippen LogP contribution in [0.1, 0.15) is 12.8 Å². The monoisotopic (exact) mass is 151 g/mol. The number of quaternary nitrogens is 1. The number of carbonyl (C=O) groups excluding carboxylic acids is 2. The summed E-state index contributed by atoms with van der Waals surface area (Å²) in [7, 11) is 0. The standard InChI is InChI=1S/C5H9NO2.ClH/c6-5(4-8)2-1-3-7;/h3-5H,1-2,6H2;1H. The Balaban J connectivity index is 0. The molecule has 0 aliphatic rings. The van der Waals surface area contributed by atoms with Gasteiger partial charge in [-0.05, 0) is 0 Å². The topological polar surface area (TPSA) is 61.8 Å². The second kappa shape index (κ2) is 7.59. The molecule has 0 aromatic carbocycles. The van der Waals surface area contributed by atoms with Crippen LogP contribution >= 0.6 is 0 Å². The fourth-order valence-corrected chi connectivity index (χ4v) is 0.350. The maximum Gasteiger partial charge on any atom is 0.177 e. The van der Waals surface area contributed by atoms with Crippen molar-refractivity contribution in [2.75, 3.05) is 0 Å². The second-order valence-electron chi connectivity index (χ2n) is 1.64. The fraction of sp³-hybridized carbons (Fsp3) is 0.600. The molecule has 0 aromatic rings. The molecule has 0 fully saturated rings. The Morgan fingerprint density at radius 3 is 2.33 bits per heavy atom. The van der Waals surface area contributed by atoms with Gasteiger partial charge in [0.15, 0.2) is 6.29 Å². The highest BCUT2D eigenvalue weighted by Gasteiger charge is 2.00. The molecule has 0 aliphatic carbocycles.